The molecule has 2 fully saturated rings. The Hall–Kier alpha value is -2.01. The van der Waals surface area contributed by atoms with Gasteiger partial charge < -0.3 is 15.3 Å². The molecule has 2 aliphatic heterocycles. The molecule has 3 heterocycles. The van der Waals surface area contributed by atoms with Gasteiger partial charge in [-0.15, -0.1) is 11.3 Å². The number of rotatable bonds is 3. The highest BCUT2D eigenvalue weighted by molar-refractivity contribution is 7.94. The van der Waals surface area contributed by atoms with Crippen LogP contribution in [0.2, 0.25) is 0 Å². The van der Waals surface area contributed by atoms with Crippen LogP contribution in [0.1, 0.15) is 13.3 Å². The maximum Gasteiger partial charge on any atom is 0.328 e. The molecule has 1 unspecified atom stereocenters. The van der Waals surface area contributed by atoms with Crippen molar-refractivity contribution < 1.29 is 27.9 Å². The van der Waals surface area contributed by atoms with Crippen LogP contribution in [-0.2, 0) is 24.2 Å². The number of carbonyl (C=O) groups is 3. The van der Waals surface area contributed by atoms with Crippen LogP contribution in [0.3, 0.4) is 0 Å². The number of thiazole rings is 1. The van der Waals surface area contributed by atoms with Gasteiger partial charge in [0.1, 0.15) is 5.37 Å². The molecule has 2 N–H and O–H groups in total. The number of hydrogen-bond donors (Lipinski definition) is 2. The lowest BCUT2D eigenvalue weighted by Crippen LogP contribution is -2.59. The van der Waals surface area contributed by atoms with Crippen molar-refractivity contribution in [2.75, 3.05) is 5.32 Å². The summed E-state index contributed by atoms with van der Waals surface area (Å²) >= 11 is 1.07. The van der Waals surface area contributed by atoms with Crippen LogP contribution in [0.15, 0.2) is 11.6 Å². The monoisotopic (exact) mass is 345 g/mol. The summed E-state index contributed by atoms with van der Waals surface area (Å²) in [4.78, 5) is 40.1. The summed E-state index contributed by atoms with van der Waals surface area (Å²) < 4.78 is 22.9. The number of anilines is 1. The number of sulfone groups is 1. The highest BCUT2D eigenvalue weighted by atomic mass is 32.2. The SMILES string of the molecule is C[C@]1(C(=O)Nc2nccs2)[C@H](C(=O)O)N2C(=O)CC2S1(=O)=O. The molecule has 1 aromatic heterocycles. The second-order valence-electron chi connectivity index (χ2n) is 5.14. The molecule has 9 nitrogen and oxygen atoms in total. The maximum absolute atomic E-state index is 12.6. The van der Waals surface area contributed by atoms with Gasteiger partial charge in [-0.25, -0.2) is 18.2 Å². The van der Waals surface area contributed by atoms with Crippen molar-refractivity contribution in [1.82, 2.24) is 9.88 Å². The largest absolute Gasteiger partial charge is 0.480 e. The van der Waals surface area contributed by atoms with E-state index in [1.807, 2.05) is 0 Å². The van der Waals surface area contributed by atoms with Crippen LogP contribution in [-0.4, -0.2) is 57.4 Å². The molecule has 0 spiro atoms. The number of nitrogens with one attached hydrogen (secondary N) is 1. The molecule has 0 bridgehead atoms. The first-order valence-electron chi connectivity index (χ1n) is 6.19. The van der Waals surface area contributed by atoms with E-state index in [1.165, 1.54) is 6.20 Å². The summed E-state index contributed by atoms with van der Waals surface area (Å²) in [5.74, 6) is -3.13. The van der Waals surface area contributed by atoms with E-state index in [0.29, 0.717) is 0 Å². The number of carboxylic acid groups (broad SMARTS) is 1. The van der Waals surface area contributed by atoms with Crippen molar-refractivity contribution in [1.29, 1.82) is 0 Å². The van der Waals surface area contributed by atoms with Crippen LogP contribution in [0.5, 0.6) is 0 Å². The van der Waals surface area contributed by atoms with E-state index in [-0.39, 0.29) is 11.6 Å². The fraction of sp³-hybridized carbons (Fsp3) is 0.455. The highest BCUT2D eigenvalue weighted by Crippen LogP contribution is 2.46. The molecule has 3 rings (SSSR count). The summed E-state index contributed by atoms with van der Waals surface area (Å²) in [7, 11) is -4.17. The fourth-order valence-electron chi connectivity index (χ4n) is 2.79. The second kappa shape index (κ2) is 4.49. The van der Waals surface area contributed by atoms with Crippen molar-refractivity contribution >= 4 is 44.1 Å². The average molecular weight is 345 g/mol. The quantitative estimate of drug-likeness (QED) is 0.690. The molecule has 0 aliphatic carbocycles. The number of β-lactam (4-membered cyclic amide) rings is 1. The molecular weight excluding hydrogens is 334 g/mol. The summed E-state index contributed by atoms with van der Waals surface area (Å²) in [5.41, 5.74) is 0. The number of aromatic nitrogens is 1. The van der Waals surface area contributed by atoms with E-state index in [9.17, 15) is 27.9 Å². The molecule has 2 amide bonds. The molecule has 1 aromatic rings. The molecule has 11 heteroatoms. The van der Waals surface area contributed by atoms with Crippen LogP contribution in [0.4, 0.5) is 5.13 Å². The Labute approximate surface area is 128 Å². The lowest BCUT2D eigenvalue weighted by Gasteiger charge is -2.35. The topological polar surface area (TPSA) is 134 Å². The molecule has 0 radical (unpaired) electrons. The van der Waals surface area contributed by atoms with E-state index < -0.39 is 43.8 Å². The number of amides is 2. The van der Waals surface area contributed by atoms with Crippen molar-refractivity contribution in [2.45, 2.75) is 29.5 Å². The minimum Gasteiger partial charge on any atom is -0.480 e. The average Bonchev–Trinajstić information content (AvgIpc) is 2.96. The number of aliphatic carboxylic acids is 1. The van der Waals surface area contributed by atoms with Crippen molar-refractivity contribution in [2.24, 2.45) is 0 Å². The predicted octanol–water partition coefficient (Wildman–Crippen LogP) is -0.720. The van der Waals surface area contributed by atoms with E-state index in [2.05, 4.69) is 10.3 Å². The van der Waals surface area contributed by atoms with Crippen LogP contribution < -0.4 is 5.32 Å². The Bertz CT molecular complexity index is 774. The molecular formula is C11H11N3O6S2. The lowest BCUT2D eigenvalue weighted by molar-refractivity contribution is -0.158. The summed E-state index contributed by atoms with van der Waals surface area (Å²) in [6.45, 7) is 1.04. The summed E-state index contributed by atoms with van der Waals surface area (Å²) in [6, 6.07) is -1.75. The Morgan fingerprint density at radius 1 is 1.55 bits per heavy atom. The van der Waals surface area contributed by atoms with E-state index in [0.717, 1.165) is 23.2 Å². The molecule has 0 aromatic carbocycles. The van der Waals surface area contributed by atoms with Crippen molar-refractivity contribution in [3.63, 3.8) is 0 Å². The Morgan fingerprint density at radius 2 is 2.23 bits per heavy atom. The molecule has 118 valence electrons. The van der Waals surface area contributed by atoms with Gasteiger partial charge >= 0.3 is 5.97 Å². The standard InChI is InChI=1S/C11H11N3O6S2/c1-11(9(18)13-10-12-2-3-21-10)7(8(16)17)14-5(15)4-6(14)22(11,19)20/h2-3,6-7H,4H2,1H3,(H,16,17)(H,12,13,18)/t6?,7-,11+/m0/s1. The molecule has 22 heavy (non-hydrogen) atoms. The molecule has 2 saturated heterocycles. The zero-order valence-corrected chi connectivity index (χ0v) is 12.8. The minimum absolute atomic E-state index is 0.158. The van der Waals surface area contributed by atoms with Gasteiger partial charge in [0, 0.05) is 11.6 Å². The fourth-order valence-corrected chi connectivity index (χ4v) is 5.61. The predicted molar refractivity (Wildman–Crippen MR) is 74.7 cm³/mol. The molecule has 2 aliphatic rings. The van der Waals surface area contributed by atoms with Crippen LogP contribution >= 0.6 is 11.3 Å². The van der Waals surface area contributed by atoms with Crippen molar-refractivity contribution in [3.8, 4) is 0 Å². The maximum atomic E-state index is 12.6. The van der Waals surface area contributed by atoms with Gasteiger partial charge in [0.25, 0.3) is 0 Å². The normalized spacial score (nSPS) is 32.2. The lowest BCUT2D eigenvalue weighted by atomic mass is 9.95. The Balaban J connectivity index is 2.06. The third-order valence-corrected chi connectivity index (χ3v) is 7.42. The van der Waals surface area contributed by atoms with Gasteiger partial charge in [0.2, 0.25) is 11.8 Å². The van der Waals surface area contributed by atoms with Crippen LogP contribution in [0, 0.1) is 0 Å². The third-order valence-electron chi connectivity index (χ3n) is 4.03. The molecule has 0 saturated carbocycles. The van der Waals surface area contributed by atoms with Gasteiger partial charge in [-0.3, -0.25) is 9.59 Å². The number of carbonyl (C=O) groups excluding carboxylic acids is 2. The van der Waals surface area contributed by atoms with Crippen LogP contribution in [0.25, 0.3) is 0 Å². The number of hydrogen-bond acceptors (Lipinski definition) is 7. The van der Waals surface area contributed by atoms with E-state index in [4.69, 9.17) is 0 Å². The zero-order chi connectivity index (χ0) is 16.3. The number of carboxylic acids is 1. The van der Waals surface area contributed by atoms with Gasteiger partial charge in [-0.1, -0.05) is 0 Å². The summed E-state index contributed by atoms with van der Waals surface area (Å²) in [5, 5.41) is 12.1. The first-order valence-corrected chi connectivity index (χ1v) is 8.62. The second-order valence-corrected chi connectivity index (χ2v) is 8.52. The minimum atomic E-state index is -4.17. The first-order chi connectivity index (χ1) is 10.2. The van der Waals surface area contributed by atoms with Gasteiger partial charge in [-0.05, 0) is 6.92 Å². The van der Waals surface area contributed by atoms with Crippen molar-refractivity contribution in [3.05, 3.63) is 11.6 Å². The van der Waals surface area contributed by atoms with Gasteiger partial charge in [0.15, 0.2) is 25.8 Å². The summed E-state index contributed by atoms with van der Waals surface area (Å²) in [6.07, 6.45) is 1.11. The van der Waals surface area contributed by atoms with Gasteiger partial charge in [0.05, 0.1) is 6.42 Å². The molecule has 3 atom stereocenters. The Morgan fingerprint density at radius 3 is 2.73 bits per heavy atom. The smallest absolute Gasteiger partial charge is 0.328 e. The highest BCUT2D eigenvalue weighted by Gasteiger charge is 2.73. The first kappa shape index (κ1) is 14.9. The number of nitrogens with zero attached hydrogens (tertiary/aromatic N) is 2. The number of fused-ring (bicyclic) bond motifs is 1. The third kappa shape index (κ3) is 1.66. The zero-order valence-electron chi connectivity index (χ0n) is 11.2. The Kier molecular flexibility index (Phi) is 3.04. The van der Waals surface area contributed by atoms with Gasteiger partial charge in [-0.2, -0.15) is 0 Å². The van der Waals surface area contributed by atoms with E-state index >= 15 is 0 Å². The van der Waals surface area contributed by atoms with E-state index in [1.54, 1.807) is 5.38 Å².